The zero-order valence-corrected chi connectivity index (χ0v) is 36.4. The summed E-state index contributed by atoms with van der Waals surface area (Å²) in [5.74, 6) is 1.38. The lowest BCUT2D eigenvalue weighted by atomic mass is 9.96. The van der Waals surface area contributed by atoms with Gasteiger partial charge >= 0.3 is 27.9 Å². The van der Waals surface area contributed by atoms with Crippen molar-refractivity contribution in [1.82, 2.24) is 0 Å². The summed E-state index contributed by atoms with van der Waals surface area (Å²) in [5.41, 5.74) is -5.67. The average molecular weight is 896 g/mol. The minimum atomic E-state index is -5.84. The molecule has 0 saturated carbocycles. The van der Waals surface area contributed by atoms with Gasteiger partial charge in [-0.25, -0.2) is 9.59 Å². The van der Waals surface area contributed by atoms with Crippen LogP contribution < -0.4 is 14.2 Å². The van der Waals surface area contributed by atoms with Gasteiger partial charge in [-0.2, -0.15) is 21.6 Å². The van der Waals surface area contributed by atoms with Crippen molar-refractivity contribution in [1.29, 1.82) is 0 Å². The van der Waals surface area contributed by atoms with E-state index in [0.717, 1.165) is 21.1 Å². The molecular formula is C46H46F3O11S2+. The van der Waals surface area contributed by atoms with Crippen LogP contribution in [0.15, 0.2) is 142 Å². The molecule has 16 heteroatoms. The summed E-state index contributed by atoms with van der Waals surface area (Å²) in [6, 6.07) is 41.6. The maximum Gasteiger partial charge on any atom is 0.522 e. The number of alkyl halides is 3. The third-order valence-corrected chi connectivity index (χ3v) is 11.2. The Balaban J connectivity index is 0.000000826. The summed E-state index contributed by atoms with van der Waals surface area (Å²) in [6.07, 6.45) is -0.819. The van der Waals surface area contributed by atoms with Crippen LogP contribution in [-0.2, 0) is 41.6 Å². The highest BCUT2D eigenvalue weighted by Gasteiger charge is 2.44. The van der Waals surface area contributed by atoms with Crippen molar-refractivity contribution in [3.63, 3.8) is 0 Å². The van der Waals surface area contributed by atoms with Crippen LogP contribution in [0.4, 0.5) is 22.8 Å². The van der Waals surface area contributed by atoms with Gasteiger partial charge in [0, 0.05) is 0 Å². The molecule has 0 atom stereocenters. The number of hydrogen-bond donors (Lipinski definition) is 1. The van der Waals surface area contributed by atoms with E-state index in [1.807, 2.05) is 48.5 Å². The Hall–Kier alpha value is -5.81. The van der Waals surface area contributed by atoms with Crippen LogP contribution in [0.25, 0.3) is 21.5 Å². The molecule has 0 aromatic heterocycles. The first-order valence-electron chi connectivity index (χ1n) is 19.1. The van der Waals surface area contributed by atoms with Crippen LogP contribution in [0, 0.1) is 0 Å². The maximum absolute atomic E-state index is 12.3. The molecule has 0 bridgehead atoms. The van der Waals surface area contributed by atoms with E-state index >= 15 is 0 Å². The van der Waals surface area contributed by atoms with E-state index in [2.05, 4.69) is 54.6 Å². The van der Waals surface area contributed by atoms with Gasteiger partial charge in [-0.15, -0.1) is 0 Å². The molecule has 0 aliphatic carbocycles. The number of fused-ring (bicyclic) bond motifs is 3. The zero-order chi connectivity index (χ0) is 45.3. The number of hydrogen-bond acceptors (Lipinski definition) is 10. The third kappa shape index (κ3) is 13.6. The van der Waals surface area contributed by atoms with Crippen LogP contribution >= 0.6 is 0 Å². The van der Waals surface area contributed by atoms with Gasteiger partial charge in [0.25, 0.3) is 0 Å². The standard InChI is InChI=1S/C45H45O8S.CHF3O3S/c1-44(2,3)52-42(46)50-33-19-23-35(24-20-33)54(36-25-21-34(22-26-36)51-43(47)53-45(4,5)6)41-18-12-11-17-40(41)49-30-48-28-27-32-29-31-13-7-8-14-37(31)39-16-10-9-15-38(32)39;2-1(3,4)8(5,6)7/h7-26,29H,27-28,30H2,1-6H3;(H,5,6,7)/q+1;. The van der Waals surface area contributed by atoms with Crippen LogP contribution in [0.5, 0.6) is 17.2 Å². The van der Waals surface area contributed by atoms with Crippen LogP contribution in [-0.4, -0.2) is 55.4 Å². The smallest absolute Gasteiger partial charge is 0.462 e. The van der Waals surface area contributed by atoms with Crippen LogP contribution in [0.2, 0.25) is 0 Å². The summed E-state index contributed by atoms with van der Waals surface area (Å²) in [6.45, 7) is 11.2. The predicted octanol–water partition coefficient (Wildman–Crippen LogP) is 11.7. The Morgan fingerprint density at radius 1 is 0.629 bits per heavy atom. The van der Waals surface area contributed by atoms with Gasteiger partial charge < -0.3 is 28.4 Å². The molecule has 0 aliphatic rings. The SMILES string of the molecule is CC(C)(C)OC(=O)Oc1ccc([S+](c2ccc(OC(=O)OC(C)(C)C)cc2)c2ccccc2OCOCCc2cc3ccccc3c3ccccc23)cc1.O=S(=O)(O)C(F)(F)F. The molecule has 0 spiro atoms. The molecule has 0 unspecified atom stereocenters. The van der Waals surface area contributed by atoms with Crippen molar-refractivity contribution in [3.05, 3.63) is 133 Å². The average Bonchev–Trinajstić information content (AvgIpc) is 3.18. The molecular weight excluding hydrogens is 850 g/mol. The highest BCUT2D eigenvalue weighted by atomic mass is 32.2. The highest BCUT2D eigenvalue weighted by molar-refractivity contribution is 7.97. The number of benzene rings is 6. The predicted molar refractivity (Wildman–Crippen MR) is 229 cm³/mol. The largest absolute Gasteiger partial charge is 0.522 e. The molecule has 6 rings (SSSR count). The molecule has 0 amide bonds. The van der Waals surface area contributed by atoms with Crippen LogP contribution in [0.3, 0.4) is 0 Å². The van der Waals surface area contributed by atoms with Crippen molar-refractivity contribution < 1.29 is 64.2 Å². The van der Waals surface area contributed by atoms with Gasteiger partial charge in [-0.1, -0.05) is 66.7 Å². The summed E-state index contributed by atoms with van der Waals surface area (Å²) in [5, 5.41) is 4.90. The van der Waals surface area contributed by atoms with E-state index in [-0.39, 0.29) is 6.79 Å². The fourth-order valence-corrected chi connectivity index (χ4v) is 7.97. The molecule has 0 fully saturated rings. The van der Waals surface area contributed by atoms with E-state index in [4.69, 9.17) is 41.4 Å². The van der Waals surface area contributed by atoms with Crippen molar-refractivity contribution in [2.75, 3.05) is 13.4 Å². The number of rotatable bonds is 11. The maximum atomic E-state index is 12.3. The lowest BCUT2D eigenvalue weighted by Crippen LogP contribution is -2.26. The minimum absolute atomic E-state index is 0.0606. The highest BCUT2D eigenvalue weighted by Crippen LogP contribution is 2.38. The molecule has 62 heavy (non-hydrogen) atoms. The van der Waals surface area contributed by atoms with E-state index in [1.165, 1.54) is 27.1 Å². The number of halogens is 3. The zero-order valence-electron chi connectivity index (χ0n) is 34.7. The number of ether oxygens (including phenoxy) is 6. The first-order valence-corrected chi connectivity index (χ1v) is 21.7. The lowest BCUT2D eigenvalue weighted by molar-refractivity contribution is -0.0510. The van der Waals surface area contributed by atoms with Crippen LogP contribution in [0.1, 0.15) is 47.1 Å². The van der Waals surface area contributed by atoms with Gasteiger partial charge in [0.1, 0.15) is 33.6 Å². The fourth-order valence-electron chi connectivity index (χ4n) is 5.83. The van der Waals surface area contributed by atoms with Crippen molar-refractivity contribution in [2.45, 2.75) is 79.4 Å². The normalized spacial score (nSPS) is 12.0. The molecule has 0 heterocycles. The Morgan fingerprint density at radius 2 is 1.08 bits per heavy atom. The van der Waals surface area contributed by atoms with Gasteiger partial charge in [0.2, 0.25) is 4.90 Å². The molecule has 1 N–H and O–H groups in total. The Labute approximate surface area is 360 Å². The molecule has 6 aromatic carbocycles. The summed E-state index contributed by atoms with van der Waals surface area (Å²) < 4.78 is 91.5. The summed E-state index contributed by atoms with van der Waals surface area (Å²) >= 11 is 0. The molecule has 11 nitrogen and oxygen atoms in total. The van der Waals surface area contributed by atoms with Gasteiger partial charge in [-0.05, 0) is 136 Å². The molecule has 0 aliphatic heterocycles. The second-order valence-electron chi connectivity index (χ2n) is 15.5. The van der Waals surface area contributed by atoms with Gasteiger partial charge in [-0.3, -0.25) is 4.55 Å². The first kappa shape index (κ1) is 47.2. The minimum Gasteiger partial charge on any atom is -0.462 e. The fraction of sp³-hybridized carbons (Fsp3) is 0.261. The van der Waals surface area contributed by atoms with Gasteiger partial charge in [0.05, 0.1) is 6.61 Å². The van der Waals surface area contributed by atoms with Crippen molar-refractivity contribution >= 4 is 54.9 Å². The number of carbonyl (C=O) groups is 2. The Kier molecular flexibility index (Phi) is 15.2. The quantitative estimate of drug-likeness (QED) is 0.0194. The monoisotopic (exact) mass is 895 g/mol. The Morgan fingerprint density at radius 3 is 1.58 bits per heavy atom. The molecule has 0 radical (unpaired) electrons. The van der Waals surface area contributed by atoms with E-state index in [9.17, 15) is 22.8 Å². The molecule has 328 valence electrons. The summed E-state index contributed by atoms with van der Waals surface area (Å²) in [7, 11) is -6.53. The Bertz CT molecular complexity index is 2510. The van der Waals surface area contributed by atoms with E-state index < -0.39 is 50.0 Å². The second-order valence-corrected chi connectivity index (χ2v) is 18.9. The number of carbonyl (C=O) groups excluding carboxylic acids is 2. The first-order chi connectivity index (χ1) is 29.1. The third-order valence-electron chi connectivity index (χ3n) is 8.33. The summed E-state index contributed by atoms with van der Waals surface area (Å²) in [4.78, 5) is 27.5. The molecule has 6 aromatic rings. The van der Waals surface area contributed by atoms with E-state index in [1.54, 1.807) is 65.8 Å². The van der Waals surface area contributed by atoms with Crippen molar-refractivity contribution in [2.24, 2.45) is 0 Å². The topological polar surface area (TPSA) is 144 Å². The van der Waals surface area contributed by atoms with Crippen molar-refractivity contribution in [3.8, 4) is 17.2 Å². The second kappa shape index (κ2) is 19.9. The van der Waals surface area contributed by atoms with E-state index in [0.29, 0.717) is 23.9 Å². The number of para-hydroxylation sites is 1. The molecule has 0 saturated heterocycles. The lowest BCUT2D eigenvalue weighted by Gasteiger charge is -2.19. The van der Waals surface area contributed by atoms with Gasteiger partial charge in [0.15, 0.2) is 22.3 Å².